The van der Waals surface area contributed by atoms with Crippen molar-refractivity contribution in [2.45, 2.75) is 25.2 Å². The second-order valence-electron chi connectivity index (χ2n) is 6.16. The molecule has 0 atom stereocenters. The second kappa shape index (κ2) is 8.12. The van der Waals surface area contributed by atoms with Gasteiger partial charge in [0.2, 0.25) is 0 Å². The van der Waals surface area contributed by atoms with Crippen molar-refractivity contribution in [2.24, 2.45) is 0 Å². The van der Waals surface area contributed by atoms with Crippen molar-refractivity contribution in [3.8, 4) is 0 Å². The van der Waals surface area contributed by atoms with E-state index in [1.165, 1.54) is 28.3 Å². The summed E-state index contributed by atoms with van der Waals surface area (Å²) in [6.45, 7) is 4.03. The van der Waals surface area contributed by atoms with E-state index in [9.17, 15) is 17.6 Å². The molecule has 3 aromatic rings. The largest absolute Gasteiger partial charge is 0.321 e. The molecule has 0 saturated carbocycles. The van der Waals surface area contributed by atoms with Gasteiger partial charge in [0, 0.05) is 16.3 Å². The van der Waals surface area contributed by atoms with Gasteiger partial charge in [0.25, 0.3) is 15.9 Å². The van der Waals surface area contributed by atoms with Gasteiger partial charge in [-0.25, -0.2) is 12.8 Å². The molecule has 1 amide bonds. The number of rotatable bonds is 6. The quantitative estimate of drug-likeness (QED) is 0.603. The van der Waals surface area contributed by atoms with Gasteiger partial charge in [0.1, 0.15) is 5.82 Å². The number of benzene rings is 2. The van der Waals surface area contributed by atoms with E-state index in [1.54, 1.807) is 24.3 Å². The topological polar surface area (TPSA) is 75.3 Å². The first kappa shape index (κ1) is 20.0. The number of sulfonamides is 1. The summed E-state index contributed by atoms with van der Waals surface area (Å²) in [4.78, 5) is 14.2. The Morgan fingerprint density at radius 3 is 2.21 bits per heavy atom. The molecule has 0 saturated heterocycles. The number of anilines is 2. The van der Waals surface area contributed by atoms with E-state index in [0.717, 1.165) is 24.1 Å². The van der Waals surface area contributed by atoms with Crippen LogP contribution in [-0.2, 0) is 16.4 Å². The third kappa shape index (κ3) is 4.58. The molecule has 5 nitrogen and oxygen atoms in total. The maximum absolute atomic E-state index is 13.0. The number of carbonyl (C=O) groups excluding carboxylic acids is 1. The van der Waals surface area contributed by atoms with Crippen molar-refractivity contribution in [3.05, 3.63) is 75.7 Å². The van der Waals surface area contributed by atoms with E-state index >= 15 is 0 Å². The Bertz CT molecular complexity index is 1090. The Kier molecular flexibility index (Phi) is 5.81. The van der Waals surface area contributed by atoms with Gasteiger partial charge in [-0.2, -0.15) is 0 Å². The molecule has 8 heteroatoms. The van der Waals surface area contributed by atoms with Gasteiger partial charge in [-0.05, 0) is 73.5 Å². The van der Waals surface area contributed by atoms with Crippen LogP contribution in [0.25, 0.3) is 0 Å². The monoisotopic (exact) mass is 418 g/mol. The highest BCUT2D eigenvalue weighted by Crippen LogP contribution is 2.24. The minimum Gasteiger partial charge on any atom is -0.321 e. The summed E-state index contributed by atoms with van der Waals surface area (Å²) in [5, 5.41) is 2.80. The van der Waals surface area contributed by atoms with Crippen molar-refractivity contribution in [2.75, 3.05) is 10.0 Å². The molecule has 0 fully saturated rings. The van der Waals surface area contributed by atoms with Crippen LogP contribution in [0.1, 0.15) is 27.0 Å². The van der Waals surface area contributed by atoms with Gasteiger partial charge in [0.05, 0.1) is 9.77 Å². The molecule has 0 radical (unpaired) electrons. The molecule has 146 valence electrons. The lowest BCUT2D eigenvalue weighted by molar-refractivity contribution is 0.103. The molecule has 0 aliphatic rings. The highest BCUT2D eigenvalue weighted by Gasteiger charge is 2.15. The van der Waals surface area contributed by atoms with Crippen LogP contribution in [0.3, 0.4) is 0 Å². The SMILES string of the molecule is CCc1sc(C(=O)Nc2ccc(NS(=O)(=O)c3ccc(F)cc3)cc2)cc1C. The molecule has 2 aromatic carbocycles. The van der Waals surface area contributed by atoms with Crippen LogP contribution in [0.2, 0.25) is 0 Å². The first-order chi connectivity index (χ1) is 13.3. The maximum atomic E-state index is 13.0. The molecule has 0 unspecified atom stereocenters. The van der Waals surface area contributed by atoms with Gasteiger partial charge in [-0.15, -0.1) is 11.3 Å². The minimum atomic E-state index is -3.82. The zero-order valence-corrected chi connectivity index (χ0v) is 17.0. The van der Waals surface area contributed by atoms with Crippen molar-refractivity contribution < 1.29 is 17.6 Å². The van der Waals surface area contributed by atoms with Crippen LogP contribution in [0.15, 0.2) is 59.5 Å². The summed E-state index contributed by atoms with van der Waals surface area (Å²) in [6.07, 6.45) is 0.882. The molecule has 1 heterocycles. The highest BCUT2D eigenvalue weighted by atomic mass is 32.2. The van der Waals surface area contributed by atoms with Gasteiger partial charge in [0.15, 0.2) is 0 Å². The summed E-state index contributed by atoms with van der Waals surface area (Å²) < 4.78 is 40.0. The Balaban J connectivity index is 1.69. The zero-order valence-electron chi connectivity index (χ0n) is 15.3. The molecule has 3 rings (SSSR count). The number of hydrogen-bond acceptors (Lipinski definition) is 4. The normalized spacial score (nSPS) is 11.2. The lowest BCUT2D eigenvalue weighted by Crippen LogP contribution is -2.13. The number of amides is 1. The summed E-state index contributed by atoms with van der Waals surface area (Å²) in [7, 11) is -3.82. The lowest BCUT2D eigenvalue weighted by atomic mass is 10.2. The molecule has 0 spiro atoms. The highest BCUT2D eigenvalue weighted by molar-refractivity contribution is 7.92. The van der Waals surface area contributed by atoms with E-state index in [-0.39, 0.29) is 10.8 Å². The van der Waals surface area contributed by atoms with Gasteiger partial charge in [-0.3, -0.25) is 9.52 Å². The maximum Gasteiger partial charge on any atom is 0.265 e. The predicted molar refractivity (Wildman–Crippen MR) is 110 cm³/mol. The molecule has 1 aromatic heterocycles. The van der Waals surface area contributed by atoms with E-state index in [4.69, 9.17) is 0 Å². The van der Waals surface area contributed by atoms with E-state index in [1.807, 2.05) is 19.9 Å². The second-order valence-corrected chi connectivity index (χ2v) is 8.98. The van der Waals surface area contributed by atoms with E-state index in [2.05, 4.69) is 10.0 Å². The summed E-state index contributed by atoms with van der Waals surface area (Å²) in [5.41, 5.74) is 1.99. The molecule has 0 bridgehead atoms. The first-order valence-corrected chi connectivity index (χ1v) is 10.9. The zero-order chi connectivity index (χ0) is 20.3. The van der Waals surface area contributed by atoms with Gasteiger partial charge < -0.3 is 5.32 Å². The minimum absolute atomic E-state index is 0.0360. The summed E-state index contributed by atoms with van der Waals surface area (Å²) in [6, 6.07) is 12.8. The average molecular weight is 419 g/mol. The molecular formula is C20H19FN2O3S2. The van der Waals surface area contributed by atoms with E-state index in [0.29, 0.717) is 16.3 Å². The summed E-state index contributed by atoms with van der Waals surface area (Å²) in [5.74, 6) is -0.710. The smallest absolute Gasteiger partial charge is 0.265 e. The van der Waals surface area contributed by atoms with Gasteiger partial charge >= 0.3 is 0 Å². The Labute approximate surface area is 167 Å². The predicted octanol–water partition coefficient (Wildman–Crippen LogP) is 4.81. The van der Waals surface area contributed by atoms with Crippen LogP contribution in [0.4, 0.5) is 15.8 Å². The fourth-order valence-corrected chi connectivity index (χ4v) is 4.69. The Morgan fingerprint density at radius 2 is 1.64 bits per heavy atom. The van der Waals surface area contributed by atoms with Gasteiger partial charge in [-0.1, -0.05) is 6.92 Å². The van der Waals surface area contributed by atoms with Crippen LogP contribution in [-0.4, -0.2) is 14.3 Å². The first-order valence-electron chi connectivity index (χ1n) is 8.57. The third-order valence-corrected chi connectivity index (χ3v) is 6.86. The van der Waals surface area contributed by atoms with Crippen molar-refractivity contribution >= 4 is 38.6 Å². The van der Waals surface area contributed by atoms with E-state index < -0.39 is 15.8 Å². The number of halogens is 1. The standard InChI is InChI=1S/C20H19FN2O3S2/c1-3-18-13(2)12-19(27-18)20(24)22-15-6-8-16(9-7-15)23-28(25,26)17-10-4-14(21)5-11-17/h4-12,23H,3H2,1-2H3,(H,22,24). The molecule has 0 aliphatic carbocycles. The number of carbonyl (C=O) groups is 1. The van der Waals surface area contributed by atoms with Crippen LogP contribution >= 0.6 is 11.3 Å². The number of thiophene rings is 1. The fraction of sp³-hybridized carbons (Fsp3) is 0.150. The lowest BCUT2D eigenvalue weighted by Gasteiger charge is -2.09. The fourth-order valence-electron chi connectivity index (χ4n) is 2.62. The van der Waals surface area contributed by atoms with Crippen molar-refractivity contribution in [1.29, 1.82) is 0 Å². The van der Waals surface area contributed by atoms with Crippen molar-refractivity contribution in [1.82, 2.24) is 0 Å². The van der Waals surface area contributed by atoms with Crippen molar-refractivity contribution in [3.63, 3.8) is 0 Å². The molecule has 2 N–H and O–H groups in total. The number of hydrogen-bond donors (Lipinski definition) is 2. The number of aryl methyl sites for hydroxylation is 2. The number of nitrogens with one attached hydrogen (secondary N) is 2. The molecule has 0 aliphatic heterocycles. The Morgan fingerprint density at radius 1 is 1.04 bits per heavy atom. The molecular weight excluding hydrogens is 399 g/mol. The van der Waals surface area contributed by atoms with Crippen LogP contribution in [0.5, 0.6) is 0 Å². The third-order valence-electron chi connectivity index (χ3n) is 4.08. The molecule has 28 heavy (non-hydrogen) atoms. The van der Waals surface area contributed by atoms with Crippen LogP contribution in [0, 0.1) is 12.7 Å². The Hall–Kier alpha value is -2.71. The van der Waals surface area contributed by atoms with Crippen LogP contribution < -0.4 is 10.0 Å². The average Bonchev–Trinajstić information content (AvgIpc) is 3.04. The summed E-state index contributed by atoms with van der Waals surface area (Å²) >= 11 is 1.47.